The van der Waals surface area contributed by atoms with Crippen LogP contribution in [0.2, 0.25) is 0 Å². The summed E-state index contributed by atoms with van der Waals surface area (Å²) in [5.74, 6) is 0. The molecule has 0 spiro atoms. The molecule has 1 aliphatic rings. The topological polar surface area (TPSA) is 63.2 Å². The fraction of sp³-hybridized carbons (Fsp3) is 0. The molecule has 9 rings (SSSR count). The fourth-order valence-corrected chi connectivity index (χ4v) is 6.42. The zero-order chi connectivity index (χ0) is 26.2. The SMILES string of the molecule is C1=c2[nH]c(c3ccccc23)=Cc2[nH]c(c3ccccc23)C=c2[nH]c(c3ccccc23)=Cc2[nH]c1c1ccccc21.[Co]. The maximum atomic E-state index is 3.75. The van der Waals surface area contributed by atoms with E-state index in [1.165, 1.54) is 43.1 Å². The molecule has 0 saturated heterocycles. The van der Waals surface area contributed by atoms with Gasteiger partial charge >= 0.3 is 0 Å². The van der Waals surface area contributed by atoms with Crippen LogP contribution in [0.1, 0.15) is 22.8 Å². The minimum atomic E-state index is 0. The van der Waals surface area contributed by atoms with E-state index in [0.29, 0.717) is 0 Å². The minimum absolute atomic E-state index is 0. The van der Waals surface area contributed by atoms with Crippen LogP contribution in [0, 0.1) is 0 Å². The van der Waals surface area contributed by atoms with E-state index in [2.05, 4.69) is 141 Å². The van der Waals surface area contributed by atoms with Gasteiger partial charge < -0.3 is 19.9 Å². The van der Waals surface area contributed by atoms with Crippen LogP contribution in [0.25, 0.3) is 67.4 Å². The minimum Gasteiger partial charge on any atom is -0.354 e. The maximum Gasteiger partial charge on any atom is 0.0485 e. The standard InChI is InChI=1S/C36H24N4.Co/c1-2-10-22-21(9-1)29-17-31-23-11-3-4-12-24(23)33(38-31)19-35-27-15-7-8-16-28(27)36(40-35)20-34-26-14-6-5-13-25(26)32(39-34)18-30(22)37-29;/h1-20,37-40H;. The van der Waals surface area contributed by atoms with Gasteiger partial charge in [0.2, 0.25) is 0 Å². The van der Waals surface area contributed by atoms with Gasteiger partial charge in [-0.3, -0.25) is 0 Å². The largest absolute Gasteiger partial charge is 0.354 e. The Balaban J connectivity index is 0.00000256. The number of nitrogens with one attached hydrogen (secondary N) is 4. The Hall–Kier alpha value is -4.97. The van der Waals surface area contributed by atoms with Crippen LogP contribution in [0.4, 0.5) is 0 Å². The van der Waals surface area contributed by atoms with Gasteiger partial charge in [-0.2, -0.15) is 0 Å². The summed E-state index contributed by atoms with van der Waals surface area (Å²) in [6.45, 7) is 0. The molecule has 0 aliphatic carbocycles. The van der Waals surface area contributed by atoms with Crippen molar-refractivity contribution in [3.63, 3.8) is 0 Å². The fourth-order valence-electron chi connectivity index (χ4n) is 6.42. The van der Waals surface area contributed by atoms with Crippen molar-refractivity contribution in [2.75, 3.05) is 0 Å². The summed E-state index contributed by atoms with van der Waals surface area (Å²) >= 11 is 0. The summed E-state index contributed by atoms with van der Waals surface area (Å²) < 4.78 is 0. The van der Waals surface area contributed by atoms with Gasteiger partial charge in [0, 0.05) is 104 Å². The van der Waals surface area contributed by atoms with E-state index in [1.54, 1.807) is 0 Å². The molecule has 4 nitrogen and oxygen atoms in total. The number of hydrogen-bond acceptors (Lipinski definition) is 0. The number of benzene rings is 4. The average molecular weight is 572 g/mol. The van der Waals surface area contributed by atoms with Crippen molar-refractivity contribution < 1.29 is 16.8 Å². The molecular formula is C36H24CoN4. The zero-order valence-electron chi connectivity index (χ0n) is 21.9. The van der Waals surface area contributed by atoms with Gasteiger partial charge in [-0.05, 0) is 24.3 Å². The van der Waals surface area contributed by atoms with Gasteiger partial charge in [0.25, 0.3) is 0 Å². The van der Waals surface area contributed by atoms with Crippen molar-refractivity contribution in [2.24, 2.45) is 0 Å². The van der Waals surface area contributed by atoms with Gasteiger partial charge in [0.1, 0.15) is 0 Å². The van der Waals surface area contributed by atoms with Crippen LogP contribution in [0.3, 0.4) is 0 Å². The van der Waals surface area contributed by atoms with Crippen LogP contribution in [0.5, 0.6) is 0 Å². The molecule has 0 atom stereocenters. The first-order chi connectivity index (χ1) is 19.8. The summed E-state index contributed by atoms with van der Waals surface area (Å²) in [6, 6.07) is 34.4. The first kappa shape index (κ1) is 23.9. The number of H-pyrrole nitrogens is 4. The summed E-state index contributed by atoms with van der Waals surface area (Å²) in [5.41, 5.74) is 4.34. The quantitative estimate of drug-likeness (QED) is 0.193. The summed E-state index contributed by atoms with van der Waals surface area (Å²) in [7, 11) is 0. The van der Waals surface area contributed by atoms with Crippen LogP contribution in [-0.4, -0.2) is 19.9 Å². The Morgan fingerprint density at radius 3 is 0.732 bits per heavy atom. The average Bonchev–Trinajstić information content (AvgIpc) is 3.73. The van der Waals surface area contributed by atoms with Crippen LogP contribution >= 0.6 is 0 Å². The second-order valence-electron chi connectivity index (χ2n) is 10.6. The molecule has 4 aromatic heterocycles. The van der Waals surface area contributed by atoms with Crippen LogP contribution < -0.4 is 21.4 Å². The Labute approximate surface area is 244 Å². The second-order valence-corrected chi connectivity index (χ2v) is 10.6. The monoisotopic (exact) mass is 571 g/mol. The predicted octanol–water partition coefficient (Wildman–Crippen LogP) is 5.24. The van der Waals surface area contributed by atoms with E-state index >= 15 is 0 Å². The smallest absolute Gasteiger partial charge is 0.0485 e. The van der Waals surface area contributed by atoms with Crippen LogP contribution in [-0.2, 0) is 16.8 Å². The third-order valence-electron chi connectivity index (χ3n) is 8.26. The molecule has 4 aromatic carbocycles. The third-order valence-corrected chi connectivity index (χ3v) is 8.26. The number of aromatic amines is 4. The first-order valence-corrected chi connectivity index (χ1v) is 13.6. The van der Waals surface area contributed by atoms with E-state index in [0.717, 1.165) is 44.2 Å². The zero-order valence-corrected chi connectivity index (χ0v) is 22.9. The molecule has 5 heterocycles. The molecule has 8 aromatic rings. The predicted molar refractivity (Wildman–Crippen MR) is 166 cm³/mol. The van der Waals surface area contributed by atoms with E-state index in [9.17, 15) is 0 Å². The van der Waals surface area contributed by atoms with Crippen molar-refractivity contribution in [3.8, 4) is 0 Å². The Morgan fingerprint density at radius 2 is 0.488 bits per heavy atom. The number of hydrogen-bond donors (Lipinski definition) is 4. The molecular weight excluding hydrogens is 547 g/mol. The van der Waals surface area contributed by atoms with Crippen molar-refractivity contribution in [1.29, 1.82) is 0 Å². The maximum absolute atomic E-state index is 3.75. The number of aromatic nitrogens is 4. The van der Waals surface area contributed by atoms with E-state index in [4.69, 9.17) is 0 Å². The molecule has 4 N–H and O–H groups in total. The van der Waals surface area contributed by atoms with Gasteiger partial charge in [0.15, 0.2) is 0 Å². The summed E-state index contributed by atoms with van der Waals surface area (Å²) in [4.78, 5) is 15.0. The molecule has 1 aliphatic heterocycles. The Kier molecular flexibility index (Phi) is 5.26. The van der Waals surface area contributed by atoms with Crippen LogP contribution in [0.15, 0.2) is 97.1 Å². The van der Waals surface area contributed by atoms with Crippen molar-refractivity contribution >= 4 is 67.4 Å². The molecule has 0 amide bonds. The third kappa shape index (κ3) is 3.60. The van der Waals surface area contributed by atoms with Gasteiger partial charge in [0.05, 0.1) is 0 Å². The summed E-state index contributed by atoms with van der Waals surface area (Å²) in [6.07, 6.45) is 8.98. The molecule has 5 heteroatoms. The van der Waals surface area contributed by atoms with Crippen molar-refractivity contribution in [2.45, 2.75) is 0 Å². The van der Waals surface area contributed by atoms with Gasteiger partial charge in [-0.1, -0.05) is 97.1 Å². The summed E-state index contributed by atoms with van der Waals surface area (Å²) in [5, 5.41) is 13.9. The normalized spacial score (nSPS) is 12.5. The molecule has 0 unspecified atom stereocenters. The van der Waals surface area contributed by atoms with E-state index in [1.807, 2.05) is 0 Å². The van der Waals surface area contributed by atoms with Crippen molar-refractivity contribution in [1.82, 2.24) is 19.9 Å². The molecule has 41 heavy (non-hydrogen) atoms. The van der Waals surface area contributed by atoms with Crippen molar-refractivity contribution in [3.05, 3.63) is 141 Å². The van der Waals surface area contributed by atoms with E-state index < -0.39 is 0 Å². The molecule has 0 fully saturated rings. The molecule has 0 saturated carbocycles. The second kappa shape index (κ2) is 9.03. The first-order valence-electron chi connectivity index (χ1n) is 13.6. The van der Waals surface area contributed by atoms with Gasteiger partial charge in [-0.15, -0.1) is 0 Å². The molecule has 197 valence electrons. The van der Waals surface area contributed by atoms with Gasteiger partial charge in [-0.25, -0.2) is 0 Å². The molecule has 8 bridgehead atoms. The number of rotatable bonds is 0. The number of fused-ring (bicyclic) bond motifs is 20. The Morgan fingerprint density at radius 1 is 0.268 bits per heavy atom. The Bertz CT molecular complexity index is 2210. The molecule has 1 radical (unpaired) electrons. The van der Waals surface area contributed by atoms with E-state index in [-0.39, 0.29) is 16.8 Å².